The van der Waals surface area contributed by atoms with Crippen LogP contribution in [0.25, 0.3) is 16.7 Å². The van der Waals surface area contributed by atoms with Crippen LogP contribution >= 0.6 is 0 Å². The Balaban J connectivity index is 1.77. The topological polar surface area (TPSA) is 106 Å². The molecule has 172 valence electrons. The molecule has 1 aliphatic rings. The van der Waals surface area contributed by atoms with E-state index in [9.17, 15) is 23.1 Å². The van der Waals surface area contributed by atoms with Gasteiger partial charge in [-0.2, -0.15) is 18.2 Å². The van der Waals surface area contributed by atoms with Crippen LogP contribution in [-0.4, -0.2) is 43.9 Å². The Morgan fingerprint density at radius 2 is 2.00 bits per heavy atom. The van der Waals surface area contributed by atoms with Gasteiger partial charge in [-0.05, 0) is 43.9 Å². The third kappa shape index (κ3) is 5.26. The van der Waals surface area contributed by atoms with Gasteiger partial charge < -0.3 is 20.7 Å². The molecular formula is C23H22F3N5O2. The summed E-state index contributed by atoms with van der Waals surface area (Å²) in [5.41, 5.74) is 5.81. The van der Waals surface area contributed by atoms with Crippen LogP contribution in [0.15, 0.2) is 36.7 Å². The van der Waals surface area contributed by atoms with Crippen molar-refractivity contribution in [2.75, 3.05) is 12.3 Å². The van der Waals surface area contributed by atoms with Crippen molar-refractivity contribution in [1.29, 1.82) is 0 Å². The van der Waals surface area contributed by atoms with Gasteiger partial charge >= 0.3 is 6.18 Å². The number of benzene rings is 1. The number of nitrogens with one attached hydrogen (secondary N) is 1. The summed E-state index contributed by atoms with van der Waals surface area (Å²) >= 11 is 0. The Kier molecular flexibility index (Phi) is 5.99. The summed E-state index contributed by atoms with van der Waals surface area (Å²) in [5, 5.41) is 13.0. The Morgan fingerprint density at radius 3 is 2.70 bits per heavy atom. The van der Waals surface area contributed by atoms with Gasteiger partial charge in [-0.3, -0.25) is 4.79 Å². The number of nitrogens with zero attached hydrogens (tertiary/aromatic N) is 3. The first-order chi connectivity index (χ1) is 15.6. The highest BCUT2D eigenvalue weighted by atomic mass is 19.4. The van der Waals surface area contributed by atoms with Crippen molar-refractivity contribution in [3.05, 3.63) is 47.8 Å². The Morgan fingerprint density at radius 1 is 1.24 bits per heavy atom. The van der Waals surface area contributed by atoms with E-state index in [0.717, 1.165) is 19.3 Å². The minimum Gasteiger partial charge on any atom is -0.378 e. The smallest absolute Gasteiger partial charge is 0.378 e. The van der Waals surface area contributed by atoms with Crippen LogP contribution in [0.3, 0.4) is 0 Å². The molecule has 10 heteroatoms. The number of anilines is 1. The summed E-state index contributed by atoms with van der Waals surface area (Å²) in [6.07, 6.45) is 2.45. The number of carbonyl (C=O) groups excluding carboxylic acids is 1. The van der Waals surface area contributed by atoms with Crippen molar-refractivity contribution < 1.29 is 23.1 Å². The summed E-state index contributed by atoms with van der Waals surface area (Å²) in [6.45, 7) is -1.44. The maximum Gasteiger partial charge on any atom is 0.405 e. The molecule has 1 aromatic carbocycles. The van der Waals surface area contributed by atoms with Gasteiger partial charge in [-0.1, -0.05) is 24.3 Å². The highest BCUT2D eigenvalue weighted by molar-refractivity contribution is 6.07. The van der Waals surface area contributed by atoms with Gasteiger partial charge in [-0.15, -0.1) is 0 Å². The summed E-state index contributed by atoms with van der Waals surface area (Å²) in [7, 11) is 0. The lowest BCUT2D eigenvalue weighted by Crippen LogP contribution is -2.33. The second-order valence-electron chi connectivity index (χ2n) is 8.06. The quantitative estimate of drug-likeness (QED) is 0.523. The predicted molar refractivity (Wildman–Crippen MR) is 117 cm³/mol. The van der Waals surface area contributed by atoms with E-state index in [1.54, 1.807) is 28.8 Å². The van der Waals surface area contributed by atoms with E-state index in [1.807, 2.05) is 5.32 Å². The molecule has 0 unspecified atom stereocenters. The minimum atomic E-state index is -4.53. The Bertz CT molecular complexity index is 1250. The molecule has 1 aliphatic carbocycles. The second-order valence-corrected chi connectivity index (χ2v) is 8.06. The van der Waals surface area contributed by atoms with Gasteiger partial charge in [0.25, 0.3) is 5.91 Å². The third-order valence-corrected chi connectivity index (χ3v) is 5.53. The summed E-state index contributed by atoms with van der Waals surface area (Å²) in [5.74, 6) is 5.45. The van der Waals surface area contributed by atoms with Gasteiger partial charge in [0.05, 0.1) is 11.1 Å². The number of aliphatic hydroxyl groups is 1. The molecule has 1 fully saturated rings. The fourth-order valence-corrected chi connectivity index (χ4v) is 3.90. The zero-order valence-corrected chi connectivity index (χ0v) is 17.6. The van der Waals surface area contributed by atoms with Crippen LogP contribution in [0.1, 0.15) is 48.0 Å². The van der Waals surface area contributed by atoms with Crippen molar-refractivity contribution in [3.8, 4) is 17.7 Å². The van der Waals surface area contributed by atoms with E-state index in [4.69, 9.17) is 5.73 Å². The predicted octanol–water partition coefficient (Wildman–Crippen LogP) is 3.34. The summed E-state index contributed by atoms with van der Waals surface area (Å²) in [4.78, 5) is 20.5. The number of rotatable bonds is 3. The zero-order valence-electron chi connectivity index (χ0n) is 17.6. The van der Waals surface area contributed by atoms with Gasteiger partial charge in [0.1, 0.15) is 18.0 Å². The third-order valence-electron chi connectivity index (χ3n) is 5.53. The van der Waals surface area contributed by atoms with Crippen LogP contribution in [0.4, 0.5) is 19.1 Å². The number of alkyl halides is 3. The number of hydrogen-bond acceptors (Lipinski definition) is 5. The van der Waals surface area contributed by atoms with E-state index >= 15 is 0 Å². The number of halogens is 3. The average Bonchev–Trinajstić information content (AvgIpc) is 3.15. The standard InChI is InChI=1S/C23H22F3N5O2/c24-23(25,26)14-29-20(32)17-13-31(19-7-11-28-21(27)30-19)18-12-15(4-5-16(17)18)6-10-22(33)8-2-1-3-9-22/h4-5,7,11-13,33H,1-3,8-9,14H2,(H,29,32)(H2,27,28,30). The van der Waals surface area contributed by atoms with Gasteiger partial charge in [0.2, 0.25) is 5.95 Å². The highest BCUT2D eigenvalue weighted by Gasteiger charge is 2.29. The molecule has 0 aliphatic heterocycles. The first-order valence-electron chi connectivity index (χ1n) is 10.5. The Hall–Kier alpha value is -3.58. The fraction of sp³-hybridized carbons (Fsp3) is 0.348. The van der Waals surface area contributed by atoms with E-state index < -0.39 is 24.2 Å². The monoisotopic (exact) mass is 457 g/mol. The van der Waals surface area contributed by atoms with E-state index in [2.05, 4.69) is 21.8 Å². The molecule has 0 bridgehead atoms. The maximum absolute atomic E-state index is 12.6. The molecule has 33 heavy (non-hydrogen) atoms. The number of nitrogen functional groups attached to an aromatic ring is 1. The van der Waals surface area contributed by atoms with Gasteiger partial charge in [-0.25, -0.2) is 4.98 Å². The molecule has 3 aromatic rings. The van der Waals surface area contributed by atoms with Gasteiger partial charge in [0.15, 0.2) is 0 Å². The molecule has 4 rings (SSSR count). The first kappa shape index (κ1) is 22.6. The molecule has 2 aromatic heterocycles. The molecule has 1 amide bonds. The van der Waals surface area contributed by atoms with E-state index in [0.29, 0.717) is 35.1 Å². The van der Waals surface area contributed by atoms with E-state index in [1.165, 1.54) is 12.4 Å². The van der Waals surface area contributed by atoms with Crippen molar-refractivity contribution in [2.45, 2.75) is 43.9 Å². The molecule has 0 radical (unpaired) electrons. The SMILES string of the molecule is Nc1nccc(-n2cc(C(=O)NCC(F)(F)F)c3ccc(C#CC4(O)CCCCC4)cc32)n1. The van der Waals surface area contributed by atoms with Crippen LogP contribution in [0, 0.1) is 11.8 Å². The van der Waals surface area contributed by atoms with Crippen molar-refractivity contribution >= 4 is 22.8 Å². The maximum atomic E-state index is 12.6. The summed E-state index contributed by atoms with van der Waals surface area (Å²) in [6, 6.07) is 6.55. The normalized spacial score (nSPS) is 15.6. The van der Waals surface area contributed by atoms with Crippen molar-refractivity contribution in [2.24, 2.45) is 0 Å². The second kappa shape index (κ2) is 8.75. The molecule has 7 nitrogen and oxygen atoms in total. The van der Waals surface area contributed by atoms with Crippen LogP contribution in [0.5, 0.6) is 0 Å². The number of carbonyl (C=O) groups is 1. The summed E-state index contributed by atoms with van der Waals surface area (Å²) < 4.78 is 39.3. The number of aromatic nitrogens is 3. The number of amides is 1. The molecule has 0 saturated heterocycles. The molecule has 4 N–H and O–H groups in total. The molecule has 1 saturated carbocycles. The zero-order chi connectivity index (χ0) is 23.6. The van der Waals surface area contributed by atoms with Crippen LogP contribution < -0.4 is 11.1 Å². The molecular weight excluding hydrogens is 435 g/mol. The fourth-order valence-electron chi connectivity index (χ4n) is 3.90. The number of hydrogen-bond donors (Lipinski definition) is 3. The van der Waals surface area contributed by atoms with Crippen molar-refractivity contribution in [3.63, 3.8) is 0 Å². The highest BCUT2D eigenvalue weighted by Crippen LogP contribution is 2.28. The first-order valence-corrected chi connectivity index (χ1v) is 10.5. The molecule has 2 heterocycles. The molecule has 0 atom stereocenters. The van der Waals surface area contributed by atoms with Crippen molar-refractivity contribution in [1.82, 2.24) is 19.9 Å². The van der Waals surface area contributed by atoms with Crippen LogP contribution in [0.2, 0.25) is 0 Å². The lowest BCUT2D eigenvalue weighted by atomic mass is 9.85. The van der Waals surface area contributed by atoms with E-state index in [-0.39, 0.29) is 11.5 Å². The lowest BCUT2D eigenvalue weighted by molar-refractivity contribution is -0.123. The lowest BCUT2D eigenvalue weighted by Gasteiger charge is -2.26. The van der Waals surface area contributed by atoms with Gasteiger partial charge in [0, 0.05) is 23.3 Å². The minimum absolute atomic E-state index is 0.00731. The largest absolute Gasteiger partial charge is 0.405 e. The Labute approximate surface area is 187 Å². The number of fused-ring (bicyclic) bond motifs is 1. The average molecular weight is 457 g/mol. The van der Waals surface area contributed by atoms with Crippen LogP contribution in [-0.2, 0) is 0 Å². The number of nitrogens with two attached hydrogens (primary N) is 1. The molecule has 0 spiro atoms.